The largest absolute Gasteiger partial charge is 0.260 e. The van der Waals surface area contributed by atoms with Crippen molar-refractivity contribution in [2.75, 3.05) is 0 Å². The van der Waals surface area contributed by atoms with Crippen LogP contribution in [0.15, 0.2) is 37.0 Å². The normalized spacial score (nSPS) is 14.4. The van der Waals surface area contributed by atoms with Gasteiger partial charge in [-0.1, -0.05) is 12.6 Å². The molecule has 1 aliphatic rings. The van der Waals surface area contributed by atoms with Crippen LogP contribution in [0.2, 0.25) is 0 Å². The summed E-state index contributed by atoms with van der Waals surface area (Å²) in [7, 11) is 0. The summed E-state index contributed by atoms with van der Waals surface area (Å²) in [4.78, 5) is 9.07. The van der Waals surface area contributed by atoms with E-state index in [1.807, 2.05) is 20.0 Å². The highest BCUT2D eigenvalue weighted by atomic mass is 14.7. The van der Waals surface area contributed by atoms with Crippen LogP contribution in [0, 0.1) is 6.92 Å². The molecule has 1 aliphatic carbocycles. The number of hydrogen-bond donors (Lipinski definition) is 0. The van der Waals surface area contributed by atoms with Gasteiger partial charge in [0.2, 0.25) is 0 Å². The number of hydrogen-bond acceptors (Lipinski definition) is 2. The predicted molar refractivity (Wildman–Crippen MR) is 78.9 cm³/mol. The average molecular weight is 250 g/mol. The minimum atomic E-state index is 0.708. The van der Waals surface area contributed by atoms with E-state index in [0.29, 0.717) is 5.92 Å². The lowest BCUT2D eigenvalue weighted by molar-refractivity contribution is 1.02. The van der Waals surface area contributed by atoms with Crippen molar-refractivity contribution >= 4 is 5.57 Å². The van der Waals surface area contributed by atoms with Crippen molar-refractivity contribution in [3.05, 3.63) is 54.1 Å². The number of pyridine rings is 2. The fraction of sp³-hybridized carbons (Fsp3) is 0.294. The third-order valence-corrected chi connectivity index (χ3v) is 3.51. The zero-order valence-electron chi connectivity index (χ0n) is 11.5. The Kier molecular flexibility index (Phi) is 2.94. The van der Waals surface area contributed by atoms with Crippen molar-refractivity contribution in [2.45, 2.75) is 32.6 Å². The van der Waals surface area contributed by atoms with Crippen LogP contribution >= 0.6 is 0 Å². The van der Waals surface area contributed by atoms with Crippen LogP contribution in [0.4, 0.5) is 0 Å². The molecule has 96 valence electrons. The van der Waals surface area contributed by atoms with E-state index in [2.05, 4.69) is 40.8 Å². The van der Waals surface area contributed by atoms with Gasteiger partial charge in [0, 0.05) is 29.1 Å². The average Bonchev–Trinajstić information content (AvgIpc) is 3.22. The highest BCUT2D eigenvalue weighted by Crippen LogP contribution is 2.39. The Labute approximate surface area is 114 Å². The molecule has 1 fully saturated rings. The van der Waals surface area contributed by atoms with Gasteiger partial charge in [-0.2, -0.15) is 0 Å². The van der Waals surface area contributed by atoms with E-state index in [9.17, 15) is 0 Å². The fourth-order valence-corrected chi connectivity index (χ4v) is 2.25. The van der Waals surface area contributed by atoms with Gasteiger partial charge in [-0.15, -0.1) is 0 Å². The van der Waals surface area contributed by atoms with Crippen molar-refractivity contribution in [1.82, 2.24) is 9.97 Å². The van der Waals surface area contributed by atoms with E-state index < -0.39 is 0 Å². The van der Waals surface area contributed by atoms with Gasteiger partial charge in [0.15, 0.2) is 0 Å². The molecular weight excluding hydrogens is 232 g/mol. The highest BCUT2D eigenvalue weighted by Gasteiger charge is 2.24. The molecule has 2 heteroatoms. The molecular formula is C17H18N2. The fourth-order valence-electron chi connectivity index (χ4n) is 2.25. The molecule has 0 aliphatic heterocycles. The van der Waals surface area contributed by atoms with Gasteiger partial charge in [0.1, 0.15) is 0 Å². The van der Waals surface area contributed by atoms with Gasteiger partial charge in [-0.25, -0.2) is 0 Å². The summed E-state index contributed by atoms with van der Waals surface area (Å²) in [6, 6.07) is 8.50. The summed E-state index contributed by atoms with van der Waals surface area (Å²) in [5, 5.41) is 0. The lowest BCUT2D eigenvalue weighted by Crippen LogP contribution is -1.92. The second kappa shape index (κ2) is 4.61. The molecule has 0 saturated heterocycles. The van der Waals surface area contributed by atoms with Crippen molar-refractivity contribution in [3.63, 3.8) is 0 Å². The van der Waals surface area contributed by atoms with E-state index in [1.165, 1.54) is 24.1 Å². The molecule has 2 nitrogen and oxygen atoms in total. The SMILES string of the molecule is C=C(C)c1cc(-c2ccc(C3CC3)nc2)cc(C)n1. The Morgan fingerprint density at radius 2 is 2.00 bits per heavy atom. The third kappa shape index (κ3) is 2.58. The van der Waals surface area contributed by atoms with Gasteiger partial charge in [0.25, 0.3) is 0 Å². The summed E-state index contributed by atoms with van der Waals surface area (Å²) in [6.07, 6.45) is 4.56. The monoisotopic (exact) mass is 250 g/mol. The summed E-state index contributed by atoms with van der Waals surface area (Å²) >= 11 is 0. The van der Waals surface area contributed by atoms with Crippen molar-refractivity contribution in [2.24, 2.45) is 0 Å². The van der Waals surface area contributed by atoms with Crippen LogP contribution in [0.5, 0.6) is 0 Å². The van der Waals surface area contributed by atoms with Crippen LogP contribution in [0.3, 0.4) is 0 Å². The van der Waals surface area contributed by atoms with E-state index in [-0.39, 0.29) is 0 Å². The van der Waals surface area contributed by atoms with E-state index in [1.54, 1.807) is 0 Å². The van der Waals surface area contributed by atoms with E-state index >= 15 is 0 Å². The van der Waals surface area contributed by atoms with Crippen molar-refractivity contribution < 1.29 is 0 Å². The number of aromatic nitrogens is 2. The van der Waals surface area contributed by atoms with Gasteiger partial charge in [-0.3, -0.25) is 9.97 Å². The Hall–Kier alpha value is -1.96. The Morgan fingerprint density at radius 3 is 2.58 bits per heavy atom. The summed E-state index contributed by atoms with van der Waals surface area (Å²) in [5.74, 6) is 0.708. The molecule has 0 unspecified atom stereocenters. The molecule has 19 heavy (non-hydrogen) atoms. The molecule has 0 N–H and O–H groups in total. The first kappa shape index (κ1) is 12.1. The second-order valence-corrected chi connectivity index (χ2v) is 5.41. The predicted octanol–water partition coefficient (Wildman–Crippen LogP) is 4.36. The maximum Gasteiger partial charge on any atom is 0.0662 e. The number of aryl methyl sites for hydroxylation is 1. The first-order valence-corrected chi connectivity index (χ1v) is 6.74. The van der Waals surface area contributed by atoms with E-state index in [4.69, 9.17) is 0 Å². The molecule has 0 atom stereocenters. The van der Waals surface area contributed by atoms with Gasteiger partial charge in [0.05, 0.1) is 5.69 Å². The van der Waals surface area contributed by atoms with E-state index in [0.717, 1.165) is 22.5 Å². The molecule has 1 saturated carbocycles. The molecule has 2 aromatic rings. The zero-order valence-corrected chi connectivity index (χ0v) is 11.5. The van der Waals surface area contributed by atoms with Crippen molar-refractivity contribution in [3.8, 4) is 11.1 Å². The molecule has 0 bridgehead atoms. The van der Waals surface area contributed by atoms with Crippen LogP contribution in [0.25, 0.3) is 16.7 Å². The summed E-state index contributed by atoms with van der Waals surface area (Å²) < 4.78 is 0. The first-order valence-electron chi connectivity index (χ1n) is 6.74. The second-order valence-electron chi connectivity index (χ2n) is 5.41. The topological polar surface area (TPSA) is 25.8 Å². The highest BCUT2D eigenvalue weighted by molar-refractivity contribution is 5.69. The molecule has 0 aromatic carbocycles. The smallest absolute Gasteiger partial charge is 0.0662 e. The zero-order chi connectivity index (χ0) is 13.4. The quantitative estimate of drug-likeness (QED) is 0.808. The molecule has 0 spiro atoms. The number of allylic oxidation sites excluding steroid dienone is 1. The van der Waals surface area contributed by atoms with Crippen LogP contribution < -0.4 is 0 Å². The molecule has 3 rings (SSSR count). The van der Waals surface area contributed by atoms with Crippen LogP contribution in [0.1, 0.15) is 42.8 Å². The van der Waals surface area contributed by atoms with Gasteiger partial charge < -0.3 is 0 Å². The van der Waals surface area contributed by atoms with Crippen molar-refractivity contribution in [1.29, 1.82) is 0 Å². The molecule has 0 radical (unpaired) electrons. The van der Waals surface area contributed by atoms with Gasteiger partial charge in [-0.05, 0) is 56.0 Å². The third-order valence-electron chi connectivity index (χ3n) is 3.51. The van der Waals surface area contributed by atoms with Crippen LogP contribution in [-0.2, 0) is 0 Å². The minimum absolute atomic E-state index is 0.708. The number of nitrogens with zero attached hydrogens (tertiary/aromatic N) is 2. The Balaban J connectivity index is 1.98. The maximum absolute atomic E-state index is 4.58. The number of rotatable bonds is 3. The summed E-state index contributed by atoms with van der Waals surface area (Å²) in [5.41, 5.74) is 6.52. The Morgan fingerprint density at radius 1 is 1.21 bits per heavy atom. The Bertz CT molecular complexity index is 622. The van der Waals surface area contributed by atoms with Gasteiger partial charge >= 0.3 is 0 Å². The maximum atomic E-state index is 4.58. The lowest BCUT2D eigenvalue weighted by atomic mass is 10.0. The molecule has 0 amide bonds. The minimum Gasteiger partial charge on any atom is -0.260 e. The molecule has 2 heterocycles. The van der Waals surface area contributed by atoms with Crippen LogP contribution in [-0.4, -0.2) is 9.97 Å². The standard InChI is InChI=1S/C17H18N2/c1-11(2)17-9-15(8-12(3)19-17)14-6-7-16(18-10-14)13-4-5-13/h6-10,13H,1,4-5H2,2-3H3. The lowest BCUT2D eigenvalue weighted by Gasteiger charge is -2.07. The molecule has 2 aromatic heterocycles. The summed E-state index contributed by atoms with van der Waals surface area (Å²) in [6.45, 7) is 7.97. The first-order chi connectivity index (χ1) is 9.13.